The van der Waals surface area contributed by atoms with Crippen molar-refractivity contribution in [2.75, 3.05) is 18.0 Å². The molecule has 0 aliphatic carbocycles. The summed E-state index contributed by atoms with van der Waals surface area (Å²) in [6.07, 6.45) is 1.88. The van der Waals surface area contributed by atoms with Crippen LogP contribution in [0.3, 0.4) is 0 Å². The number of carbonyl (C=O) groups excluding carboxylic acids is 1. The van der Waals surface area contributed by atoms with Crippen LogP contribution in [0.2, 0.25) is 0 Å². The molecular formula is C23H26N4O. The summed E-state index contributed by atoms with van der Waals surface area (Å²) in [4.78, 5) is 24.4. The van der Waals surface area contributed by atoms with E-state index < -0.39 is 0 Å². The second-order valence-electron chi connectivity index (χ2n) is 7.62. The van der Waals surface area contributed by atoms with Gasteiger partial charge in [-0.2, -0.15) is 0 Å². The number of fused-ring (bicyclic) bond motifs is 1. The van der Waals surface area contributed by atoms with Crippen LogP contribution in [-0.4, -0.2) is 29.0 Å². The first-order chi connectivity index (χ1) is 13.6. The molecule has 1 fully saturated rings. The second-order valence-corrected chi connectivity index (χ2v) is 7.62. The van der Waals surface area contributed by atoms with Crippen LogP contribution in [-0.2, 0) is 11.3 Å². The summed E-state index contributed by atoms with van der Waals surface area (Å²) in [5.74, 6) is 0.813. The zero-order chi connectivity index (χ0) is 19.5. The van der Waals surface area contributed by atoms with Crippen LogP contribution in [0.5, 0.6) is 0 Å². The standard InChI is InChI=1S/C23H26N4O/c1-16-10-11-20-17(2)25-23(26-21(20)13-16)27-12-6-9-19(15-27)22(28)24-14-18-7-4-3-5-8-18/h3-5,7-8,10-11,13,19H,6,9,12,14-15H2,1-2H3,(H,24,28). The number of aromatic nitrogens is 2. The van der Waals surface area contributed by atoms with Gasteiger partial charge < -0.3 is 10.2 Å². The molecule has 1 aromatic heterocycles. The largest absolute Gasteiger partial charge is 0.352 e. The first-order valence-corrected chi connectivity index (χ1v) is 9.92. The van der Waals surface area contributed by atoms with Gasteiger partial charge in [-0.1, -0.05) is 42.5 Å². The molecule has 1 atom stereocenters. The summed E-state index contributed by atoms with van der Waals surface area (Å²) < 4.78 is 0. The van der Waals surface area contributed by atoms with Gasteiger partial charge >= 0.3 is 0 Å². The number of carbonyl (C=O) groups is 1. The van der Waals surface area contributed by atoms with Gasteiger partial charge in [-0.05, 0) is 43.9 Å². The minimum absolute atomic E-state index is 0.0328. The minimum Gasteiger partial charge on any atom is -0.352 e. The van der Waals surface area contributed by atoms with Crippen LogP contribution in [0.4, 0.5) is 5.95 Å². The second kappa shape index (κ2) is 7.97. The van der Waals surface area contributed by atoms with E-state index in [0.29, 0.717) is 13.1 Å². The molecule has 0 spiro atoms. The first-order valence-electron chi connectivity index (χ1n) is 9.92. The van der Waals surface area contributed by atoms with Crippen molar-refractivity contribution in [2.45, 2.75) is 33.2 Å². The Morgan fingerprint density at radius 2 is 1.96 bits per heavy atom. The SMILES string of the molecule is Cc1ccc2c(C)nc(N3CCCC(C(=O)NCc4ccccc4)C3)nc2c1. The summed E-state index contributed by atoms with van der Waals surface area (Å²) >= 11 is 0. The van der Waals surface area contributed by atoms with Crippen LogP contribution in [0.25, 0.3) is 10.9 Å². The topological polar surface area (TPSA) is 58.1 Å². The van der Waals surface area contributed by atoms with Crippen molar-refractivity contribution in [3.63, 3.8) is 0 Å². The number of anilines is 1. The maximum atomic E-state index is 12.7. The van der Waals surface area contributed by atoms with Gasteiger partial charge in [-0.25, -0.2) is 9.97 Å². The molecule has 1 N–H and O–H groups in total. The van der Waals surface area contributed by atoms with Crippen molar-refractivity contribution in [3.05, 3.63) is 65.4 Å². The molecular weight excluding hydrogens is 348 g/mol. The van der Waals surface area contributed by atoms with Crippen LogP contribution >= 0.6 is 0 Å². The predicted octanol–water partition coefficient (Wildman–Crippen LogP) is 3.78. The molecule has 1 aliphatic rings. The summed E-state index contributed by atoms with van der Waals surface area (Å²) in [7, 11) is 0. The Morgan fingerprint density at radius 1 is 1.14 bits per heavy atom. The van der Waals surface area contributed by atoms with Crippen molar-refractivity contribution in [3.8, 4) is 0 Å². The number of nitrogens with one attached hydrogen (secondary N) is 1. The van der Waals surface area contributed by atoms with Crippen molar-refractivity contribution < 1.29 is 4.79 Å². The van der Waals surface area contributed by atoms with E-state index in [9.17, 15) is 4.79 Å². The highest BCUT2D eigenvalue weighted by Gasteiger charge is 2.27. The van der Waals surface area contributed by atoms with Crippen LogP contribution in [0, 0.1) is 19.8 Å². The third-order valence-corrected chi connectivity index (χ3v) is 5.42. The molecule has 1 unspecified atom stereocenters. The van der Waals surface area contributed by atoms with Gasteiger partial charge in [0.15, 0.2) is 0 Å². The lowest BCUT2D eigenvalue weighted by Gasteiger charge is -2.32. The van der Waals surface area contributed by atoms with Gasteiger partial charge in [0.2, 0.25) is 11.9 Å². The molecule has 2 aromatic carbocycles. The predicted molar refractivity (Wildman–Crippen MR) is 112 cm³/mol. The monoisotopic (exact) mass is 374 g/mol. The summed E-state index contributed by atoms with van der Waals surface area (Å²) in [6, 6.07) is 16.3. The van der Waals surface area contributed by atoms with Crippen LogP contribution in [0.15, 0.2) is 48.5 Å². The quantitative estimate of drug-likeness (QED) is 0.755. The zero-order valence-corrected chi connectivity index (χ0v) is 16.5. The van der Waals surface area contributed by atoms with Crippen LogP contribution in [0.1, 0.15) is 29.7 Å². The Kier molecular flexibility index (Phi) is 5.24. The van der Waals surface area contributed by atoms with Crippen molar-refractivity contribution >= 4 is 22.8 Å². The zero-order valence-electron chi connectivity index (χ0n) is 16.5. The lowest BCUT2D eigenvalue weighted by atomic mass is 9.97. The maximum absolute atomic E-state index is 12.7. The van der Waals surface area contributed by atoms with E-state index in [1.165, 1.54) is 5.56 Å². The Hall–Kier alpha value is -2.95. The van der Waals surface area contributed by atoms with Gasteiger partial charge in [-0.3, -0.25) is 4.79 Å². The molecule has 5 nitrogen and oxygen atoms in total. The lowest BCUT2D eigenvalue weighted by molar-refractivity contribution is -0.125. The average molecular weight is 374 g/mol. The fraction of sp³-hybridized carbons (Fsp3) is 0.348. The molecule has 3 aromatic rings. The molecule has 0 saturated carbocycles. The highest BCUT2D eigenvalue weighted by molar-refractivity contribution is 5.83. The van der Waals surface area contributed by atoms with Gasteiger partial charge in [-0.15, -0.1) is 0 Å². The third kappa shape index (κ3) is 3.98. The van der Waals surface area contributed by atoms with Crippen molar-refractivity contribution in [1.29, 1.82) is 0 Å². The van der Waals surface area contributed by atoms with E-state index in [4.69, 9.17) is 9.97 Å². The van der Waals surface area contributed by atoms with E-state index >= 15 is 0 Å². The van der Waals surface area contributed by atoms with Crippen LogP contribution < -0.4 is 10.2 Å². The molecule has 0 bridgehead atoms. The van der Waals surface area contributed by atoms with Gasteiger partial charge in [0.25, 0.3) is 0 Å². The highest BCUT2D eigenvalue weighted by atomic mass is 16.1. The van der Waals surface area contributed by atoms with Gasteiger partial charge in [0.1, 0.15) is 0 Å². The molecule has 1 amide bonds. The highest BCUT2D eigenvalue weighted by Crippen LogP contribution is 2.24. The summed E-state index contributed by atoms with van der Waals surface area (Å²) in [5.41, 5.74) is 4.26. The number of benzene rings is 2. The fourth-order valence-corrected chi connectivity index (χ4v) is 3.83. The number of nitrogens with zero attached hydrogens (tertiary/aromatic N) is 3. The van der Waals surface area contributed by atoms with E-state index in [0.717, 1.165) is 47.5 Å². The normalized spacial score (nSPS) is 16.9. The number of piperidine rings is 1. The van der Waals surface area contributed by atoms with E-state index in [1.807, 2.05) is 37.3 Å². The molecule has 2 heterocycles. The minimum atomic E-state index is -0.0328. The molecule has 1 aliphatic heterocycles. The first kappa shape index (κ1) is 18.4. The number of rotatable bonds is 4. The smallest absolute Gasteiger partial charge is 0.226 e. The van der Waals surface area contributed by atoms with E-state index in [1.54, 1.807) is 0 Å². The average Bonchev–Trinajstić information content (AvgIpc) is 2.72. The maximum Gasteiger partial charge on any atom is 0.226 e. The molecule has 4 rings (SSSR count). The van der Waals surface area contributed by atoms with E-state index in [-0.39, 0.29) is 11.8 Å². The number of hydrogen-bond donors (Lipinski definition) is 1. The van der Waals surface area contributed by atoms with Gasteiger partial charge in [0.05, 0.1) is 17.1 Å². The molecule has 0 radical (unpaired) electrons. The molecule has 1 saturated heterocycles. The Morgan fingerprint density at radius 3 is 2.79 bits per heavy atom. The Labute approximate surface area is 165 Å². The van der Waals surface area contributed by atoms with Crippen molar-refractivity contribution in [2.24, 2.45) is 5.92 Å². The van der Waals surface area contributed by atoms with Crippen molar-refractivity contribution in [1.82, 2.24) is 15.3 Å². The van der Waals surface area contributed by atoms with E-state index in [2.05, 4.69) is 35.3 Å². The number of hydrogen-bond acceptors (Lipinski definition) is 4. The summed E-state index contributed by atoms with van der Waals surface area (Å²) in [5, 5.41) is 4.17. The molecule has 28 heavy (non-hydrogen) atoms. The summed E-state index contributed by atoms with van der Waals surface area (Å²) in [6.45, 7) is 6.22. The fourth-order valence-electron chi connectivity index (χ4n) is 3.83. The molecule has 144 valence electrons. The number of aryl methyl sites for hydroxylation is 2. The Bertz CT molecular complexity index is 987. The Balaban J connectivity index is 1.47. The number of amides is 1. The molecule has 5 heteroatoms. The van der Waals surface area contributed by atoms with Gasteiger partial charge in [0, 0.05) is 25.0 Å². The third-order valence-electron chi connectivity index (χ3n) is 5.42. The lowest BCUT2D eigenvalue weighted by Crippen LogP contribution is -2.43.